The lowest BCUT2D eigenvalue weighted by atomic mass is 10.1. The van der Waals surface area contributed by atoms with Crippen molar-refractivity contribution in [3.05, 3.63) is 31.2 Å². The van der Waals surface area contributed by atoms with Crippen LogP contribution in [0.4, 0.5) is 11.6 Å². The number of aromatic nitrogens is 7. The van der Waals surface area contributed by atoms with E-state index in [9.17, 15) is 9.46 Å². The predicted molar refractivity (Wildman–Crippen MR) is 228 cm³/mol. The third kappa shape index (κ3) is 8.47. The minimum atomic E-state index is -4.32. The van der Waals surface area contributed by atoms with Crippen LogP contribution in [0.3, 0.4) is 0 Å². The van der Waals surface area contributed by atoms with Crippen LogP contribution >= 0.6 is 25.8 Å². The maximum Gasteiger partial charge on any atom is 0.386 e. The number of nitrogen functional groups attached to an aromatic ring is 2. The van der Waals surface area contributed by atoms with Crippen molar-refractivity contribution in [2.45, 2.75) is 127 Å². The predicted octanol–water partition coefficient (Wildman–Crippen LogP) is 6.08. The highest BCUT2D eigenvalue weighted by molar-refractivity contribution is 8.44. The van der Waals surface area contributed by atoms with Crippen molar-refractivity contribution < 1.29 is 45.9 Å². The summed E-state index contributed by atoms with van der Waals surface area (Å²) in [5.74, 6) is 0.435. The van der Waals surface area contributed by atoms with Crippen molar-refractivity contribution in [2.24, 2.45) is 0 Å². The molecule has 2 bridgehead atoms. The second-order valence-corrected chi connectivity index (χ2v) is 33.0. The van der Waals surface area contributed by atoms with E-state index in [0.29, 0.717) is 22.2 Å². The molecule has 320 valence electrons. The molecule has 19 nitrogen and oxygen atoms in total. The maximum absolute atomic E-state index is 14.6. The van der Waals surface area contributed by atoms with E-state index in [1.54, 1.807) is 21.4 Å². The zero-order valence-electron chi connectivity index (χ0n) is 34.1. The fraction of sp³-hybridized carbons (Fsp3) is 0.667. The zero-order chi connectivity index (χ0) is 42.4. The molecule has 4 aromatic rings. The molecule has 3 aliphatic rings. The first-order valence-corrected chi connectivity index (χ1v) is 29.9. The molecule has 0 spiro atoms. The summed E-state index contributed by atoms with van der Waals surface area (Å²) < 4.78 is 70.4. The Bertz CT molecular complexity index is 2270. The van der Waals surface area contributed by atoms with Crippen LogP contribution in [0, 0.1) is 0 Å². The first kappa shape index (κ1) is 44.1. The van der Waals surface area contributed by atoms with E-state index in [1.165, 1.54) is 19.0 Å². The van der Waals surface area contributed by atoms with E-state index in [0.717, 1.165) is 0 Å². The summed E-state index contributed by atoms with van der Waals surface area (Å²) >= 11 is 10.2. The Balaban J connectivity index is 1.30. The van der Waals surface area contributed by atoms with Gasteiger partial charge in [0.25, 0.3) is 0 Å². The maximum atomic E-state index is 14.6. The molecule has 0 saturated carbocycles. The van der Waals surface area contributed by atoms with Crippen molar-refractivity contribution in [1.82, 2.24) is 34.1 Å². The van der Waals surface area contributed by atoms with Crippen molar-refractivity contribution in [2.75, 3.05) is 24.7 Å². The Hall–Kier alpha value is -1.93. The van der Waals surface area contributed by atoms with Crippen molar-refractivity contribution in [3.8, 4) is 0 Å². The van der Waals surface area contributed by atoms with Gasteiger partial charge in [-0.25, -0.2) is 29.5 Å². The average molecular weight is 918 g/mol. The molecule has 58 heavy (non-hydrogen) atoms. The van der Waals surface area contributed by atoms with Gasteiger partial charge in [-0.1, -0.05) is 53.8 Å². The highest BCUT2D eigenvalue weighted by Gasteiger charge is 2.57. The van der Waals surface area contributed by atoms with Gasteiger partial charge in [-0.05, 0) is 54.1 Å². The highest BCUT2D eigenvalue weighted by atomic mass is 32.7. The summed E-state index contributed by atoms with van der Waals surface area (Å²) in [4.78, 5) is 33.4. The molecule has 25 heteroatoms. The molecule has 5 N–H and O–H groups in total. The number of nitrogens with zero attached hydrogens (tertiary/aromatic N) is 7. The van der Waals surface area contributed by atoms with E-state index in [2.05, 4.69) is 105 Å². The van der Waals surface area contributed by atoms with Gasteiger partial charge < -0.3 is 43.8 Å². The molecule has 7 rings (SSSR count). The quantitative estimate of drug-likeness (QED) is 0.0973. The number of imidazole rings is 1. The van der Waals surface area contributed by atoms with Crippen molar-refractivity contribution >= 4 is 88.0 Å². The number of hydrogen-bond donors (Lipinski definition) is 4. The van der Waals surface area contributed by atoms with Crippen LogP contribution in [-0.4, -0.2) is 105 Å². The molecule has 3 saturated heterocycles. The second-order valence-electron chi connectivity index (χ2n) is 17.8. The minimum Gasteiger partial charge on any atom is -0.408 e. The molecule has 10 atom stereocenters. The molecule has 7 heterocycles. The normalized spacial score (nSPS) is 33.2. The zero-order valence-corrected chi connectivity index (χ0v) is 39.6. The average Bonchev–Trinajstić information content (AvgIpc) is 3.87. The third-order valence-corrected chi connectivity index (χ3v) is 24.0. The molecular weight excluding hydrogens is 865 g/mol. The number of ether oxygens (including phenoxy) is 2. The standard InChI is InChI=1S/C33H53N9O10P2S2Si2/c1-32(2,3)57(7,8)51-23-20-14-46-53(43,55)49-22-19(13-45-54(44,56)50-24(23)30(48-20)42-17-40-21-27(35)37-16-39-29(21)42)47-31(25(22)52-58(9,10)33(4,5)6)41-12-11-18-26(34)36-15-38-28(18)41/h11-12,15-17,19-20,22-25,30-31H,13-14H2,1-10H3,(H,43,55)(H,44,56)(H2,34,36,38)(H2,35,37,39)/t19?,20?,22-,23?,24-,25?,30-,31-,53?,54?/m1/s1. The second kappa shape index (κ2) is 15.5. The SMILES string of the molecule is CC(C)(C)[Si](C)(C)OC1C2COP(O)(=S)O[C@@H]3C(COP(=O)(S)O[C@H]1[C@H](n1cnc4c(N)ncnc41)O2)O[C@@H](n1ccc2c(N)ncnc21)C3O[Si](C)(C)C(C)(C)C. The Morgan fingerprint density at radius 1 is 0.810 bits per heavy atom. The molecule has 4 aromatic heterocycles. The van der Waals surface area contributed by atoms with Gasteiger partial charge >= 0.3 is 13.5 Å². The third-order valence-electron chi connectivity index (χ3n) is 11.8. The molecule has 3 fully saturated rings. The van der Waals surface area contributed by atoms with Crippen LogP contribution < -0.4 is 11.5 Å². The van der Waals surface area contributed by atoms with E-state index in [1.807, 2.05) is 0 Å². The summed E-state index contributed by atoms with van der Waals surface area (Å²) in [6, 6.07) is 1.77. The number of hydrogen-bond acceptors (Lipinski definition) is 17. The van der Waals surface area contributed by atoms with Gasteiger partial charge in [0.15, 0.2) is 40.6 Å². The molecular formula is C33H53N9O10P2S2Si2. The number of nitrogens with two attached hydrogens (primary N) is 2. The molecule has 0 amide bonds. The molecule has 6 unspecified atom stereocenters. The fourth-order valence-electron chi connectivity index (χ4n) is 6.63. The van der Waals surface area contributed by atoms with Crippen LogP contribution in [0.1, 0.15) is 54.0 Å². The Morgan fingerprint density at radius 3 is 2.05 bits per heavy atom. The largest absolute Gasteiger partial charge is 0.408 e. The fourth-order valence-corrected chi connectivity index (χ4v) is 12.1. The van der Waals surface area contributed by atoms with Crippen LogP contribution in [0.15, 0.2) is 31.2 Å². The van der Waals surface area contributed by atoms with E-state index < -0.39 is 85.8 Å². The summed E-state index contributed by atoms with van der Waals surface area (Å²) in [6.07, 6.45) is -2.16. The summed E-state index contributed by atoms with van der Waals surface area (Å²) in [6.45, 7) is 11.7. The van der Waals surface area contributed by atoms with Crippen molar-refractivity contribution in [1.29, 1.82) is 0 Å². The van der Waals surface area contributed by atoms with Crippen LogP contribution in [0.2, 0.25) is 36.3 Å². The topological polar surface area (TPSA) is 237 Å². The first-order chi connectivity index (χ1) is 26.8. The smallest absolute Gasteiger partial charge is 0.386 e. The Kier molecular flexibility index (Phi) is 11.8. The lowest BCUT2D eigenvalue weighted by Crippen LogP contribution is -2.50. The van der Waals surface area contributed by atoms with Gasteiger partial charge in [-0.15, -0.1) is 0 Å². The summed E-state index contributed by atoms with van der Waals surface area (Å²) in [5, 5.41) is 0.0757. The van der Waals surface area contributed by atoms with Gasteiger partial charge in [-0.2, -0.15) is 0 Å². The van der Waals surface area contributed by atoms with Crippen LogP contribution in [0.5, 0.6) is 0 Å². The monoisotopic (exact) mass is 917 g/mol. The molecule has 0 aromatic carbocycles. The number of thiol groups is 1. The molecule has 3 aliphatic heterocycles. The number of fused-ring (bicyclic) bond motifs is 5. The minimum absolute atomic E-state index is 0.153. The summed E-state index contributed by atoms with van der Waals surface area (Å²) in [5.41, 5.74) is 13.5. The Morgan fingerprint density at radius 2 is 1.40 bits per heavy atom. The molecule has 0 radical (unpaired) electrons. The van der Waals surface area contributed by atoms with Gasteiger partial charge in [0.2, 0.25) is 0 Å². The van der Waals surface area contributed by atoms with Crippen LogP contribution in [0.25, 0.3) is 22.2 Å². The van der Waals surface area contributed by atoms with E-state index in [-0.39, 0.29) is 28.3 Å². The highest BCUT2D eigenvalue weighted by Crippen LogP contribution is 2.59. The van der Waals surface area contributed by atoms with E-state index >= 15 is 0 Å². The number of rotatable bonds is 6. The van der Waals surface area contributed by atoms with E-state index in [4.69, 9.17) is 59.7 Å². The lowest BCUT2D eigenvalue weighted by Gasteiger charge is -2.41. The van der Waals surface area contributed by atoms with Gasteiger partial charge in [0, 0.05) is 6.20 Å². The first-order valence-electron chi connectivity index (χ1n) is 18.8. The Labute approximate surface area is 349 Å². The van der Waals surface area contributed by atoms with Gasteiger partial charge in [-0.3, -0.25) is 18.1 Å². The van der Waals surface area contributed by atoms with Crippen LogP contribution in [-0.2, 0) is 52.8 Å². The molecule has 0 aliphatic carbocycles. The van der Waals surface area contributed by atoms with Crippen molar-refractivity contribution in [3.63, 3.8) is 0 Å². The summed E-state index contributed by atoms with van der Waals surface area (Å²) in [7, 11) is -5.24. The van der Waals surface area contributed by atoms with Gasteiger partial charge in [0.1, 0.15) is 66.3 Å². The van der Waals surface area contributed by atoms with Gasteiger partial charge in [0.05, 0.1) is 24.9 Å². The lowest BCUT2D eigenvalue weighted by molar-refractivity contribution is -0.0585. The number of anilines is 2.